The Labute approximate surface area is 69.1 Å². The van der Waals surface area contributed by atoms with Crippen LogP contribution >= 0.6 is 11.3 Å². The molecule has 0 saturated carbocycles. The molecule has 0 aliphatic carbocycles. The predicted octanol–water partition coefficient (Wildman–Crippen LogP) is 2.15. The van der Waals surface area contributed by atoms with Crippen molar-refractivity contribution < 1.29 is 4.79 Å². The first-order valence-electron chi connectivity index (χ1n) is 3.20. The summed E-state index contributed by atoms with van der Waals surface area (Å²) in [5.74, 6) is -0.0781. The van der Waals surface area contributed by atoms with Gasteiger partial charge in [0.2, 0.25) is 0 Å². The fraction of sp³-hybridized carbons (Fsp3) is 0.250. The van der Waals surface area contributed by atoms with Crippen LogP contribution in [-0.4, -0.2) is 5.78 Å². The van der Waals surface area contributed by atoms with Crippen LogP contribution in [0.4, 0.5) is 0 Å². The van der Waals surface area contributed by atoms with E-state index in [1.54, 1.807) is 6.07 Å². The van der Waals surface area contributed by atoms with Crippen LogP contribution in [0.15, 0.2) is 12.1 Å². The molecular weight excluding hydrogens is 158 g/mol. The first-order valence-corrected chi connectivity index (χ1v) is 4.02. The Hall–Kier alpha value is -1.14. The molecule has 0 atom stereocenters. The van der Waals surface area contributed by atoms with Crippen molar-refractivity contribution in [2.75, 3.05) is 0 Å². The molecule has 0 aliphatic heterocycles. The average molecular weight is 165 g/mol. The van der Waals surface area contributed by atoms with Crippen LogP contribution in [0, 0.1) is 18.3 Å². The molecular formula is C8H7NOS. The first kappa shape index (κ1) is 7.96. The van der Waals surface area contributed by atoms with Crippen LogP contribution in [0.3, 0.4) is 0 Å². The monoisotopic (exact) mass is 165 g/mol. The molecule has 0 bridgehead atoms. The summed E-state index contributed by atoms with van der Waals surface area (Å²) in [5, 5.41) is 8.24. The Balaban J connectivity index is 2.78. The topological polar surface area (TPSA) is 40.9 Å². The third-order valence-corrected chi connectivity index (χ3v) is 2.30. The Morgan fingerprint density at radius 1 is 1.73 bits per heavy atom. The maximum atomic E-state index is 11.0. The largest absolute Gasteiger partial charge is 0.292 e. The molecule has 2 nitrogen and oxygen atoms in total. The minimum Gasteiger partial charge on any atom is -0.292 e. The molecule has 1 heterocycles. The van der Waals surface area contributed by atoms with Crippen molar-refractivity contribution in [3.05, 3.63) is 21.9 Å². The lowest BCUT2D eigenvalue weighted by Gasteiger charge is -1.85. The Morgan fingerprint density at radius 2 is 2.45 bits per heavy atom. The van der Waals surface area contributed by atoms with E-state index in [2.05, 4.69) is 0 Å². The number of nitriles is 1. The van der Waals surface area contributed by atoms with Gasteiger partial charge in [0, 0.05) is 4.88 Å². The zero-order chi connectivity index (χ0) is 8.27. The molecule has 0 spiro atoms. The fourth-order valence-electron chi connectivity index (χ4n) is 0.743. The molecule has 11 heavy (non-hydrogen) atoms. The lowest BCUT2D eigenvalue weighted by Crippen LogP contribution is -1.91. The normalized spacial score (nSPS) is 9.09. The van der Waals surface area contributed by atoms with E-state index in [0.717, 1.165) is 4.88 Å². The third kappa shape index (κ3) is 1.89. The highest BCUT2D eigenvalue weighted by Gasteiger charge is 2.05. The summed E-state index contributed by atoms with van der Waals surface area (Å²) in [6, 6.07) is 5.48. The van der Waals surface area contributed by atoms with Gasteiger partial charge in [-0.3, -0.25) is 4.79 Å². The maximum Gasteiger partial charge on any atom is 0.186 e. The number of thiophene rings is 1. The second-order valence-electron chi connectivity index (χ2n) is 2.17. The zero-order valence-corrected chi connectivity index (χ0v) is 6.94. The average Bonchev–Trinajstić information content (AvgIpc) is 2.36. The molecule has 1 rings (SSSR count). The highest BCUT2D eigenvalue weighted by atomic mass is 32.1. The van der Waals surface area contributed by atoms with E-state index in [4.69, 9.17) is 5.26 Å². The van der Waals surface area contributed by atoms with Crippen LogP contribution in [0.2, 0.25) is 0 Å². The molecule has 0 radical (unpaired) electrons. The van der Waals surface area contributed by atoms with E-state index in [1.807, 2.05) is 19.1 Å². The van der Waals surface area contributed by atoms with E-state index in [1.165, 1.54) is 11.3 Å². The van der Waals surface area contributed by atoms with E-state index in [-0.39, 0.29) is 12.2 Å². The summed E-state index contributed by atoms with van der Waals surface area (Å²) in [7, 11) is 0. The fourth-order valence-corrected chi connectivity index (χ4v) is 1.55. The smallest absolute Gasteiger partial charge is 0.186 e. The number of nitrogens with zero attached hydrogens (tertiary/aromatic N) is 1. The molecule has 0 unspecified atom stereocenters. The molecule has 0 aliphatic rings. The van der Waals surface area contributed by atoms with Gasteiger partial charge < -0.3 is 0 Å². The van der Waals surface area contributed by atoms with Gasteiger partial charge in [-0.15, -0.1) is 11.3 Å². The van der Waals surface area contributed by atoms with Crippen molar-refractivity contribution in [2.24, 2.45) is 0 Å². The van der Waals surface area contributed by atoms with Gasteiger partial charge in [0.05, 0.1) is 17.4 Å². The number of carbonyl (C=O) groups is 1. The van der Waals surface area contributed by atoms with Gasteiger partial charge >= 0.3 is 0 Å². The van der Waals surface area contributed by atoms with Crippen LogP contribution in [0.5, 0.6) is 0 Å². The maximum absolute atomic E-state index is 11.0. The van der Waals surface area contributed by atoms with E-state index < -0.39 is 0 Å². The quantitative estimate of drug-likeness (QED) is 0.630. The van der Waals surface area contributed by atoms with Crippen molar-refractivity contribution in [3.8, 4) is 6.07 Å². The number of carbonyl (C=O) groups excluding carboxylic acids is 1. The molecule has 0 amide bonds. The second-order valence-corrected chi connectivity index (χ2v) is 3.46. The molecule has 1 aromatic rings. The van der Waals surface area contributed by atoms with Crippen LogP contribution in [-0.2, 0) is 0 Å². The van der Waals surface area contributed by atoms with Gasteiger partial charge in [0.15, 0.2) is 5.78 Å². The number of ketones is 1. The number of hydrogen-bond donors (Lipinski definition) is 0. The summed E-state index contributed by atoms with van der Waals surface area (Å²) in [6.45, 7) is 1.94. The lowest BCUT2D eigenvalue weighted by molar-refractivity contribution is 0.100. The van der Waals surface area contributed by atoms with Crippen molar-refractivity contribution in [3.63, 3.8) is 0 Å². The van der Waals surface area contributed by atoms with Gasteiger partial charge in [0.25, 0.3) is 0 Å². The highest BCUT2D eigenvalue weighted by molar-refractivity contribution is 7.14. The summed E-state index contributed by atoms with van der Waals surface area (Å²) < 4.78 is 0. The van der Waals surface area contributed by atoms with Crippen molar-refractivity contribution in [2.45, 2.75) is 13.3 Å². The minimum absolute atomic E-state index is 0.0139. The van der Waals surface area contributed by atoms with Crippen LogP contribution in [0.1, 0.15) is 21.0 Å². The van der Waals surface area contributed by atoms with E-state index in [0.29, 0.717) is 4.88 Å². The first-order chi connectivity index (χ1) is 5.24. The third-order valence-electron chi connectivity index (χ3n) is 1.25. The Bertz CT molecular complexity index is 308. The van der Waals surface area contributed by atoms with E-state index >= 15 is 0 Å². The standard InChI is InChI=1S/C8H7NOS/c1-6-2-3-8(11-6)7(10)4-5-9/h2-3H,4H2,1H3. The molecule has 0 aromatic carbocycles. The molecule has 0 N–H and O–H groups in total. The second kappa shape index (κ2) is 3.31. The van der Waals surface area contributed by atoms with E-state index in [9.17, 15) is 4.79 Å². The van der Waals surface area contributed by atoms with Gasteiger partial charge in [-0.1, -0.05) is 0 Å². The van der Waals surface area contributed by atoms with Crippen molar-refractivity contribution in [1.29, 1.82) is 5.26 Å². The number of hydrogen-bond acceptors (Lipinski definition) is 3. The molecule has 3 heteroatoms. The summed E-state index contributed by atoms with van der Waals surface area (Å²) in [6.07, 6.45) is -0.0139. The Kier molecular flexibility index (Phi) is 2.40. The number of rotatable bonds is 2. The molecule has 1 aromatic heterocycles. The van der Waals surface area contributed by atoms with Crippen LogP contribution in [0.25, 0.3) is 0 Å². The number of aryl methyl sites for hydroxylation is 1. The van der Waals surface area contributed by atoms with Crippen molar-refractivity contribution >= 4 is 17.1 Å². The molecule has 56 valence electrons. The van der Waals surface area contributed by atoms with Gasteiger partial charge in [-0.25, -0.2) is 0 Å². The minimum atomic E-state index is -0.0781. The van der Waals surface area contributed by atoms with Crippen LogP contribution < -0.4 is 0 Å². The molecule has 0 saturated heterocycles. The van der Waals surface area contributed by atoms with Gasteiger partial charge in [0.1, 0.15) is 0 Å². The summed E-state index contributed by atoms with van der Waals surface area (Å²) in [5.41, 5.74) is 0. The summed E-state index contributed by atoms with van der Waals surface area (Å²) in [4.78, 5) is 12.8. The van der Waals surface area contributed by atoms with Gasteiger partial charge in [-0.05, 0) is 19.1 Å². The lowest BCUT2D eigenvalue weighted by atomic mass is 10.2. The Morgan fingerprint density at radius 3 is 2.91 bits per heavy atom. The zero-order valence-electron chi connectivity index (χ0n) is 6.13. The summed E-state index contributed by atoms with van der Waals surface area (Å²) >= 11 is 1.44. The number of Topliss-reactive ketones (excluding diaryl/α,β-unsaturated/α-hetero) is 1. The molecule has 0 fully saturated rings. The van der Waals surface area contributed by atoms with Crippen molar-refractivity contribution in [1.82, 2.24) is 0 Å². The SMILES string of the molecule is Cc1ccc(C(=O)CC#N)s1. The predicted molar refractivity (Wildman–Crippen MR) is 43.6 cm³/mol. The van der Waals surface area contributed by atoms with Gasteiger partial charge in [-0.2, -0.15) is 5.26 Å². The highest BCUT2D eigenvalue weighted by Crippen LogP contribution is 2.16.